The Morgan fingerprint density at radius 2 is 1.78 bits per heavy atom. The molecule has 2 aromatic rings. The van der Waals surface area contributed by atoms with Crippen molar-refractivity contribution < 1.29 is 29.0 Å². The smallest absolute Gasteiger partial charge is 0.308 e. The monoisotopic (exact) mass is 457 g/mol. The lowest BCUT2D eigenvalue weighted by Crippen LogP contribution is -2.30. The number of likely N-dealkylation sites (tertiary alicyclic amines) is 1. The summed E-state index contributed by atoms with van der Waals surface area (Å²) in [6.07, 6.45) is 1.51. The molecule has 8 heteroatoms. The minimum absolute atomic E-state index is 0.0542. The fourth-order valence-electron chi connectivity index (χ4n) is 3.63. The van der Waals surface area contributed by atoms with Crippen LogP contribution in [0, 0.1) is 0 Å². The maximum atomic E-state index is 13.0. The molecule has 0 aliphatic carbocycles. The van der Waals surface area contributed by atoms with Gasteiger partial charge in [-0.2, -0.15) is 0 Å². The first-order valence-electron chi connectivity index (χ1n) is 10.2. The summed E-state index contributed by atoms with van der Waals surface area (Å²) in [5, 5.41) is 11.3. The van der Waals surface area contributed by atoms with Crippen molar-refractivity contribution in [2.75, 3.05) is 13.7 Å². The van der Waals surface area contributed by atoms with Crippen molar-refractivity contribution in [3.63, 3.8) is 0 Å². The highest BCUT2D eigenvalue weighted by Crippen LogP contribution is 2.41. The second kappa shape index (κ2) is 9.87. The summed E-state index contributed by atoms with van der Waals surface area (Å²) in [7, 11) is 1.47. The van der Waals surface area contributed by atoms with E-state index in [2.05, 4.69) is 0 Å². The van der Waals surface area contributed by atoms with Gasteiger partial charge < -0.3 is 19.5 Å². The topological polar surface area (TPSA) is 93.1 Å². The van der Waals surface area contributed by atoms with Crippen LogP contribution in [0.1, 0.15) is 43.9 Å². The maximum Gasteiger partial charge on any atom is 0.308 e. The van der Waals surface area contributed by atoms with Gasteiger partial charge >= 0.3 is 5.97 Å². The molecule has 1 aliphatic heterocycles. The van der Waals surface area contributed by atoms with Gasteiger partial charge in [0.25, 0.3) is 11.7 Å². The third-order valence-corrected chi connectivity index (χ3v) is 5.51. The van der Waals surface area contributed by atoms with Crippen LogP contribution in [0.2, 0.25) is 5.02 Å². The molecule has 168 valence electrons. The van der Waals surface area contributed by atoms with Crippen LogP contribution in [0.4, 0.5) is 0 Å². The van der Waals surface area contributed by atoms with Crippen molar-refractivity contribution in [1.29, 1.82) is 0 Å². The number of carbonyl (C=O) groups is 3. The first-order valence-corrected chi connectivity index (χ1v) is 10.6. The van der Waals surface area contributed by atoms with Gasteiger partial charge in [-0.05, 0) is 42.3 Å². The van der Waals surface area contributed by atoms with Crippen molar-refractivity contribution >= 4 is 35.0 Å². The molecular weight excluding hydrogens is 434 g/mol. The quantitative estimate of drug-likeness (QED) is 0.216. The zero-order chi connectivity index (χ0) is 23.4. The number of hydrogen-bond acceptors (Lipinski definition) is 6. The number of methoxy groups -OCH3 is 1. The minimum Gasteiger partial charge on any atom is -0.507 e. The van der Waals surface area contributed by atoms with Gasteiger partial charge in [-0.15, -0.1) is 0 Å². The highest BCUT2D eigenvalue weighted by atomic mass is 35.5. The fourth-order valence-corrected chi connectivity index (χ4v) is 3.83. The summed E-state index contributed by atoms with van der Waals surface area (Å²) in [6, 6.07) is 10.4. The molecule has 1 aliphatic rings. The van der Waals surface area contributed by atoms with E-state index < -0.39 is 23.7 Å². The number of ketones is 1. The Morgan fingerprint density at radius 1 is 1.12 bits per heavy atom. The first-order chi connectivity index (χ1) is 15.3. The predicted molar refractivity (Wildman–Crippen MR) is 120 cm³/mol. The van der Waals surface area contributed by atoms with Gasteiger partial charge in [0.15, 0.2) is 0 Å². The lowest BCUT2D eigenvalue weighted by Gasteiger charge is -2.25. The molecule has 1 heterocycles. The van der Waals surface area contributed by atoms with Gasteiger partial charge in [0.2, 0.25) is 0 Å². The number of benzene rings is 2. The molecule has 1 unspecified atom stereocenters. The van der Waals surface area contributed by atoms with E-state index in [1.54, 1.807) is 36.4 Å². The van der Waals surface area contributed by atoms with Crippen molar-refractivity contribution in [3.05, 3.63) is 64.2 Å². The van der Waals surface area contributed by atoms with E-state index in [1.807, 2.05) is 6.92 Å². The number of halogens is 1. The summed E-state index contributed by atoms with van der Waals surface area (Å²) in [5.74, 6) is -1.53. The highest BCUT2D eigenvalue weighted by Gasteiger charge is 2.46. The van der Waals surface area contributed by atoms with Crippen LogP contribution < -0.4 is 9.47 Å². The summed E-state index contributed by atoms with van der Waals surface area (Å²) in [6.45, 7) is 3.63. The average molecular weight is 458 g/mol. The second-order valence-electron chi connectivity index (χ2n) is 7.35. The number of nitrogens with zero attached hydrogens (tertiary/aromatic N) is 1. The van der Waals surface area contributed by atoms with Crippen LogP contribution in [0.25, 0.3) is 5.76 Å². The molecule has 1 atom stereocenters. The third-order valence-electron chi connectivity index (χ3n) is 5.18. The van der Waals surface area contributed by atoms with E-state index in [0.29, 0.717) is 30.0 Å². The van der Waals surface area contributed by atoms with E-state index in [0.717, 1.165) is 6.42 Å². The van der Waals surface area contributed by atoms with Crippen LogP contribution in [0.5, 0.6) is 11.5 Å². The maximum absolute atomic E-state index is 13.0. The normalized spacial score (nSPS) is 17.5. The molecule has 0 aromatic heterocycles. The van der Waals surface area contributed by atoms with Gasteiger partial charge in [0, 0.05) is 19.0 Å². The van der Waals surface area contributed by atoms with Crippen molar-refractivity contribution in [3.8, 4) is 11.5 Å². The van der Waals surface area contributed by atoms with Gasteiger partial charge in [0.1, 0.15) is 17.3 Å². The minimum atomic E-state index is -0.810. The number of carbonyl (C=O) groups excluding carboxylic acids is 3. The summed E-state index contributed by atoms with van der Waals surface area (Å²) in [5.41, 5.74) is 0.735. The number of ether oxygens (including phenoxy) is 2. The summed E-state index contributed by atoms with van der Waals surface area (Å²) < 4.78 is 10.3. The Hall–Kier alpha value is -3.32. The van der Waals surface area contributed by atoms with Crippen LogP contribution >= 0.6 is 11.6 Å². The average Bonchev–Trinajstić information content (AvgIpc) is 3.02. The van der Waals surface area contributed by atoms with Crippen LogP contribution in [-0.4, -0.2) is 41.3 Å². The molecule has 1 fully saturated rings. The number of amides is 1. The SMILES string of the molecule is CCCCN1C(=O)C(=O)/C(=C(/O)c2cc(OC)ccc2Cl)C1c1ccc(OC(C)=O)cc1. The molecule has 1 amide bonds. The molecule has 0 bridgehead atoms. The molecule has 0 radical (unpaired) electrons. The van der Waals surface area contributed by atoms with Crippen molar-refractivity contribution in [1.82, 2.24) is 4.90 Å². The number of esters is 1. The standard InChI is InChI=1S/C24H24ClNO6/c1-4-5-12-26-21(15-6-8-16(9-7-15)32-14(2)27)20(23(29)24(26)30)22(28)18-13-17(31-3)10-11-19(18)25/h6-11,13,21,28H,4-5,12H2,1-3H3/b22-20+. The summed E-state index contributed by atoms with van der Waals surface area (Å²) >= 11 is 6.29. The van der Waals surface area contributed by atoms with Crippen molar-refractivity contribution in [2.24, 2.45) is 0 Å². The predicted octanol–water partition coefficient (Wildman–Crippen LogP) is 4.50. The zero-order valence-electron chi connectivity index (χ0n) is 18.1. The number of aliphatic hydroxyl groups is 1. The first kappa shape index (κ1) is 23.3. The molecule has 0 saturated carbocycles. The van der Waals surface area contributed by atoms with Gasteiger partial charge in [-0.1, -0.05) is 37.1 Å². The van der Waals surface area contributed by atoms with Crippen LogP contribution in [0.15, 0.2) is 48.0 Å². The largest absolute Gasteiger partial charge is 0.507 e. The second-order valence-corrected chi connectivity index (χ2v) is 7.76. The Morgan fingerprint density at radius 3 is 2.38 bits per heavy atom. The van der Waals surface area contributed by atoms with Crippen LogP contribution in [-0.2, 0) is 14.4 Å². The molecule has 0 spiro atoms. The number of aliphatic hydroxyl groups excluding tert-OH is 1. The molecule has 1 saturated heterocycles. The van der Waals surface area contributed by atoms with Gasteiger partial charge in [-0.3, -0.25) is 14.4 Å². The Bertz CT molecular complexity index is 1080. The molecule has 32 heavy (non-hydrogen) atoms. The molecule has 7 nitrogen and oxygen atoms in total. The zero-order valence-corrected chi connectivity index (χ0v) is 18.8. The Labute approximate surface area is 191 Å². The summed E-state index contributed by atoms with van der Waals surface area (Å²) in [4.78, 5) is 38.5. The lowest BCUT2D eigenvalue weighted by molar-refractivity contribution is -0.139. The number of Topliss-reactive ketones (excluding diaryl/α,β-unsaturated/α-hetero) is 1. The molecule has 1 N–H and O–H groups in total. The van der Waals surface area contributed by atoms with E-state index >= 15 is 0 Å². The highest BCUT2D eigenvalue weighted by molar-refractivity contribution is 6.47. The number of unbranched alkanes of at least 4 members (excludes halogenated alkanes) is 1. The van der Waals surface area contributed by atoms with E-state index in [1.165, 1.54) is 25.0 Å². The van der Waals surface area contributed by atoms with E-state index in [-0.39, 0.29) is 21.9 Å². The molecule has 2 aromatic carbocycles. The van der Waals surface area contributed by atoms with Crippen LogP contribution in [0.3, 0.4) is 0 Å². The third kappa shape index (κ3) is 4.62. The molecular formula is C24H24ClNO6. The van der Waals surface area contributed by atoms with E-state index in [9.17, 15) is 19.5 Å². The number of hydrogen-bond donors (Lipinski definition) is 1. The Balaban J connectivity index is 2.15. The molecule has 3 rings (SSSR count). The lowest BCUT2D eigenvalue weighted by atomic mass is 9.95. The fraction of sp³-hybridized carbons (Fsp3) is 0.292. The Kier molecular flexibility index (Phi) is 7.20. The van der Waals surface area contributed by atoms with Crippen molar-refractivity contribution in [2.45, 2.75) is 32.7 Å². The van der Waals surface area contributed by atoms with Gasteiger partial charge in [0.05, 0.1) is 23.7 Å². The van der Waals surface area contributed by atoms with E-state index in [4.69, 9.17) is 21.1 Å². The van der Waals surface area contributed by atoms with Gasteiger partial charge in [-0.25, -0.2) is 0 Å². The number of rotatable bonds is 7.